The monoisotopic (exact) mass is 112 g/mol. The number of aliphatic imine (C=N–C) groups is 1. The molecular weight excluding hydrogens is 100 g/mol. The minimum Gasteiger partial charge on any atom is -0.374 e. The van der Waals surface area contributed by atoms with Crippen LogP contribution >= 0.6 is 0 Å². The van der Waals surface area contributed by atoms with Crippen LogP contribution in [0.5, 0.6) is 0 Å². The highest BCUT2D eigenvalue weighted by Gasteiger charge is 2.05. The van der Waals surface area contributed by atoms with Gasteiger partial charge in [-0.15, -0.1) is 0 Å². The van der Waals surface area contributed by atoms with Crippen molar-refractivity contribution in [1.82, 2.24) is 5.32 Å². The summed E-state index contributed by atoms with van der Waals surface area (Å²) in [6.45, 7) is 6.29. The summed E-state index contributed by atoms with van der Waals surface area (Å²) in [5.41, 5.74) is 0. The fourth-order valence-electron chi connectivity index (χ4n) is 0.735. The van der Waals surface area contributed by atoms with Gasteiger partial charge in [0.15, 0.2) is 0 Å². The van der Waals surface area contributed by atoms with Gasteiger partial charge in [0.05, 0.1) is 5.84 Å². The van der Waals surface area contributed by atoms with Crippen LogP contribution in [-0.4, -0.2) is 18.9 Å². The Hall–Kier alpha value is -0.530. The first kappa shape index (κ1) is 5.60. The highest BCUT2D eigenvalue weighted by molar-refractivity contribution is 5.79. The quantitative estimate of drug-likeness (QED) is 0.488. The van der Waals surface area contributed by atoms with E-state index >= 15 is 0 Å². The summed E-state index contributed by atoms with van der Waals surface area (Å²) in [5.74, 6) is 1.81. The summed E-state index contributed by atoms with van der Waals surface area (Å²) in [7, 11) is 0. The van der Waals surface area contributed by atoms with Crippen LogP contribution in [0.2, 0.25) is 0 Å². The molecule has 1 rings (SSSR count). The van der Waals surface area contributed by atoms with Crippen LogP contribution in [-0.2, 0) is 0 Å². The molecule has 1 atom stereocenters. The molecule has 0 aromatic carbocycles. The maximum Gasteiger partial charge on any atom is 0.0931 e. The molecule has 2 heteroatoms. The zero-order valence-corrected chi connectivity index (χ0v) is 5.44. The summed E-state index contributed by atoms with van der Waals surface area (Å²) in [4.78, 5) is 4.22. The van der Waals surface area contributed by atoms with Gasteiger partial charge in [0.2, 0.25) is 0 Å². The second kappa shape index (κ2) is 2.16. The fraction of sp³-hybridized carbons (Fsp3) is 0.833. The molecule has 46 valence electrons. The molecule has 0 aliphatic carbocycles. The van der Waals surface area contributed by atoms with Crippen LogP contribution in [0.1, 0.15) is 13.8 Å². The Balaban J connectivity index is 2.42. The normalized spacial score (nSPS) is 28.8. The Morgan fingerprint density at radius 3 is 2.88 bits per heavy atom. The largest absolute Gasteiger partial charge is 0.374 e. The molecule has 0 radical (unpaired) electrons. The molecule has 0 bridgehead atoms. The van der Waals surface area contributed by atoms with E-state index in [1.54, 1.807) is 0 Å². The van der Waals surface area contributed by atoms with Crippen molar-refractivity contribution in [2.75, 3.05) is 13.1 Å². The number of hydrogen-bond acceptors (Lipinski definition) is 2. The van der Waals surface area contributed by atoms with Crippen LogP contribution in [0.15, 0.2) is 4.99 Å². The minimum absolute atomic E-state index is 0.721. The van der Waals surface area contributed by atoms with E-state index in [-0.39, 0.29) is 0 Å². The third-order valence-electron chi connectivity index (χ3n) is 1.35. The lowest BCUT2D eigenvalue weighted by Crippen LogP contribution is -2.32. The minimum atomic E-state index is 0.721. The van der Waals surface area contributed by atoms with E-state index in [0.29, 0.717) is 0 Å². The summed E-state index contributed by atoms with van der Waals surface area (Å²) in [6.07, 6.45) is 0. The van der Waals surface area contributed by atoms with Gasteiger partial charge in [-0.3, -0.25) is 4.99 Å². The maximum absolute atomic E-state index is 4.22. The Morgan fingerprint density at radius 2 is 2.50 bits per heavy atom. The smallest absolute Gasteiger partial charge is 0.0931 e. The molecule has 0 fully saturated rings. The van der Waals surface area contributed by atoms with Gasteiger partial charge < -0.3 is 5.32 Å². The van der Waals surface area contributed by atoms with Gasteiger partial charge in [0, 0.05) is 13.1 Å². The zero-order chi connectivity index (χ0) is 5.98. The molecule has 0 amide bonds. The average Bonchev–Trinajstić information content (AvgIpc) is 1.77. The van der Waals surface area contributed by atoms with Crippen LogP contribution in [0.3, 0.4) is 0 Å². The first-order chi connectivity index (χ1) is 3.79. The topological polar surface area (TPSA) is 24.4 Å². The lowest BCUT2D eigenvalue weighted by atomic mass is 10.1. The van der Waals surface area contributed by atoms with Gasteiger partial charge in [-0.25, -0.2) is 0 Å². The lowest BCUT2D eigenvalue weighted by molar-refractivity contribution is 0.553. The van der Waals surface area contributed by atoms with Gasteiger partial charge in [-0.2, -0.15) is 0 Å². The van der Waals surface area contributed by atoms with Gasteiger partial charge in [0.1, 0.15) is 0 Å². The lowest BCUT2D eigenvalue weighted by Gasteiger charge is -2.16. The van der Waals surface area contributed by atoms with E-state index in [4.69, 9.17) is 0 Å². The van der Waals surface area contributed by atoms with Crippen molar-refractivity contribution in [1.29, 1.82) is 0 Å². The van der Waals surface area contributed by atoms with Crippen molar-refractivity contribution >= 4 is 5.84 Å². The number of amidine groups is 1. The predicted octanol–water partition coefficient (Wildman–Crippen LogP) is 0.644. The van der Waals surface area contributed by atoms with Crippen molar-refractivity contribution in [3.8, 4) is 0 Å². The molecule has 2 nitrogen and oxygen atoms in total. The van der Waals surface area contributed by atoms with Crippen molar-refractivity contribution in [3.63, 3.8) is 0 Å². The standard InChI is InChI=1S/C6H12N2/c1-5-3-7-6(2)8-4-5/h5H,3-4H2,1-2H3,(H,7,8). The molecule has 1 aliphatic rings. The Kier molecular flexibility index (Phi) is 1.51. The zero-order valence-electron chi connectivity index (χ0n) is 5.44. The highest BCUT2D eigenvalue weighted by atomic mass is 15.0. The van der Waals surface area contributed by atoms with Crippen LogP contribution < -0.4 is 5.32 Å². The third-order valence-corrected chi connectivity index (χ3v) is 1.35. The summed E-state index contributed by atoms with van der Waals surface area (Å²) in [6, 6.07) is 0. The second-order valence-corrected chi connectivity index (χ2v) is 2.41. The van der Waals surface area contributed by atoms with Crippen molar-refractivity contribution in [2.45, 2.75) is 13.8 Å². The number of hydrogen-bond donors (Lipinski definition) is 1. The maximum atomic E-state index is 4.22. The van der Waals surface area contributed by atoms with Gasteiger partial charge in [0.25, 0.3) is 0 Å². The average molecular weight is 112 g/mol. The molecule has 0 spiro atoms. The molecular formula is C6H12N2. The Bertz CT molecular complexity index is 107. The van der Waals surface area contributed by atoms with Gasteiger partial charge in [-0.1, -0.05) is 6.92 Å². The molecule has 1 heterocycles. The van der Waals surface area contributed by atoms with Crippen LogP contribution in [0.25, 0.3) is 0 Å². The Morgan fingerprint density at radius 1 is 1.75 bits per heavy atom. The van der Waals surface area contributed by atoms with Crippen molar-refractivity contribution < 1.29 is 0 Å². The van der Waals surface area contributed by atoms with E-state index in [1.807, 2.05) is 6.92 Å². The third kappa shape index (κ3) is 1.22. The molecule has 1 unspecified atom stereocenters. The first-order valence-electron chi connectivity index (χ1n) is 3.04. The van der Waals surface area contributed by atoms with Gasteiger partial charge in [-0.05, 0) is 12.8 Å². The van der Waals surface area contributed by atoms with Crippen LogP contribution in [0, 0.1) is 5.92 Å². The van der Waals surface area contributed by atoms with Crippen molar-refractivity contribution in [2.24, 2.45) is 10.9 Å². The Labute approximate surface area is 50.0 Å². The molecule has 8 heavy (non-hydrogen) atoms. The van der Waals surface area contributed by atoms with E-state index in [1.165, 1.54) is 0 Å². The number of nitrogens with one attached hydrogen (secondary N) is 1. The van der Waals surface area contributed by atoms with Gasteiger partial charge >= 0.3 is 0 Å². The second-order valence-electron chi connectivity index (χ2n) is 2.41. The van der Waals surface area contributed by atoms with E-state index in [0.717, 1.165) is 24.8 Å². The van der Waals surface area contributed by atoms with E-state index in [2.05, 4.69) is 17.2 Å². The summed E-state index contributed by atoms with van der Waals surface area (Å²) < 4.78 is 0. The molecule has 1 aliphatic heterocycles. The molecule has 0 aromatic heterocycles. The molecule has 0 aromatic rings. The SMILES string of the molecule is CC1=NCC(C)CN1. The van der Waals surface area contributed by atoms with E-state index < -0.39 is 0 Å². The van der Waals surface area contributed by atoms with E-state index in [9.17, 15) is 0 Å². The summed E-state index contributed by atoms with van der Waals surface area (Å²) in [5, 5.41) is 3.18. The molecule has 1 N–H and O–H groups in total. The number of nitrogens with zero attached hydrogens (tertiary/aromatic N) is 1. The molecule has 0 saturated carbocycles. The molecule has 0 saturated heterocycles. The fourth-order valence-corrected chi connectivity index (χ4v) is 0.735. The predicted molar refractivity (Wildman–Crippen MR) is 35.1 cm³/mol. The van der Waals surface area contributed by atoms with Crippen LogP contribution in [0.4, 0.5) is 0 Å². The summed E-state index contributed by atoms with van der Waals surface area (Å²) >= 11 is 0. The highest BCUT2D eigenvalue weighted by Crippen LogP contribution is 1.97. The van der Waals surface area contributed by atoms with Crippen molar-refractivity contribution in [3.05, 3.63) is 0 Å². The number of rotatable bonds is 0. The first-order valence-corrected chi connectivity index (χ1v) is 3.04.